The van der Waals surface area contributed by atoms with Crippen LogP contribution in [0.25, 0.3) is 5.69 Å². The Bertz CT molecular complexity index is 1450. The molecule has 0 radical (unpaired) electrons. The molecule has 2 heterocycles. The standard InChI is InChI=1S/C25H21F3N4O4S/c1-36-19-6-2-16(3-7-19)12-30-23(34)21-13-29-11-10-17(21)14-31-15-22(33)32(24(31)35)18-4-8-20(9-5-18)37-25(26,27)28/h2-11,13,15,33H,12,14H2,1H3,(H,30,34). The quantitative estimate of drug-likeness (QED) is 0.329. The van der Waals surface area contributed by atoms with Crippen LogP contribution in [0.2, 0.25) is 0 Å². The van der Waals surface area contributed by atoms with Gasteiger partial charge in [-0.05, 0) is 65.4 Å². The molecule has 4 rings (SSSR count). The molecule has 2 aromatic carbocycles. The van der Waals surface area contributed by atoms with E-state index >= 15 is 0 Å². The van der Waals surface area contributed by atoms with Crippen molar-refractivity contribution < 1.29 is 27.8 Å². The lowest BCUT2D eigenvalue weighted by Crippen LogP contribution is -2.27. The number of carbonyl (C=O) groups excluding carboxylic acids is 1. The molecule has 1 amide bonds. The van der Waals surface area contributed by atoms with E-state index in [1.165, 1.54) is 47.4 Å². The molecular formula is C25H21F3N4O4S. The van der Waals surface area contributed by atoms with Gasteiger partial charge < -0.3 is 15.2 Å². The van der Waals surface area contributed by atoms with Crippen molar-refractivity contribution in [1.29, 1.82) is 0 Å². The lowest BCUT2D eigenvalue weighted by atomic mass is 10.1. The molecule has 2 aromatic heterocycles. The van der Waals surface area contributed by atoms with E-state index in [4.69, 9.17) is 4.74 Å². The van der Waals surface area contributed by atoms with E-state index in [-0.39, 0.29) is 41.0 Å². The summed E-state index contributed by atoms with van der Waals surface area (Å²) in [7, 11) is 1.56. The summed E-state index contributed by atoms with van der Waals surface area (Å²) in [5, 5.41) is 13.2. The number of benzene rings is 2. The Labute approximate surface area is 213 Å². The van der Waals surface area contributed by atoms with Crippen molar-refractivity contribution in [2.75, 3.05) is 7.11 Å². The number of alkyl halides is 3. The molecule has 4 aromatic rings. The van der Waals surface area contributed by atoms with Crippen molar-refractivity contribution in [2.24, 2.45) is 0 Å². The van der Waals surface area contributed by atoms with Crippen LogP contribution in [0, 0.1) is 0 Å². The summed E-state index contributed by atoms with van der Waals surface area (Å²) in [5.41, 5.74) is -3.28. The number of aromatic nitrogens is 3. The average molecular weight is 531 g/mol. The maximum Gasteiger partial charge on any atom is 0.446 e. The van der Waals surface area contributed by atoms with Gasteiger partial charge in [0, 0.05) is 23.8 Å². The van der Waals surface area contributed by atoms with Gasteiger partial charge in [0.25, 0.3) is 5.91 Å². The maximum atomic E-state index is 13.0. The monoisotopic (exact) mass is 530 g/mol. The van der Waals surface area contributed by atoms with E-state index in [0.717, 1.165) is 10.1 Å². The van der Waals surface area contributed by atoms with E-state index in [1.54, 1.807) is 25.3 Å². The Morgan fingerprint density at radius 3 is 2.46 bits per heavy atom. The maximum absolute atomic E-state index is 13.0. The first-order valence-corrected chi connectivity index (χ1v) is 11.7. The third-order valence-corrected chi connectivity index (χ3v) is 6.11. The van der Waals surface area contributed by atoms with Crippen LogP contribution in [0.3, 0.4) is 0 Å². The lowest BCUT2D eigenvalue weighted by molar-refractivity contribution is -0.0328. The molecule has 0 atom stereocenters. The number of imidazole rings is 1. The Morgan fingerprint density at radius 1 is 1.11 bits per heavy atom. The highest BCUT2D eigenvalue weighted by atomic mass is 32.2. The second kappa shape index (κ2) is 10.8. The first-order valence-electron chi connectivity index (χ1n) is 10.9. The highest BCUT2D eigenvalue weighted by molar-refractivity contribution is 8.00. The topological polar surface area (TPSA) is 98.4 Å². The first-order chi connectivity index (χ1) is 17.6. The smallest absolute Gasteiger partial charge is 0.446 e. The van der Waals surface area contributed by atoms with Crippen molar-refractivity contribution in [2.45, 2.75) is 23.5 Å². The minimum atomic E-state index is -4.44. The highest BCUT2D eigenvalue weighted by Crippen LogP contribution is 2.37. The lowest BCUT2D eigenvalue weighted by Gasteiger charge is -2.10. The molecule has 8 nitrogen and oxygen atoms in total. The van der Waals surface area contributed by atoms with Crippen molar-refractivity contribution in [1.82, 2.24) is 19.4 Å². The molecule has 0 spiro atoms. The van der Waals surface area contributed by atoms with Gasteiger partial charge in [0.05, 0.1) is 31.1 Å². The van der Waals surface area contributed by atoms with Crippen LogP contribution < -0.4 is 15.7 Å². The van der Waals surface area contributed by atoms with Crippen LogP contribution in [0.15, 0.2) is 82.9 Å². The molecule has 192 valence electrons. The summed E-state index contributed by atoms with van der Waals surface area (Å²) in [6.45, 7) is 0.214. The number of hydrogen-bond acceptors (Lipinski definition) is 6. The van der Waals surface area contributed by atoms with Gasteiger partial charge >= 0.3 is 11.2 Å². The normalized spacial score (nSPS) is 11.4. The number of pyridine rings is 1. The van der Waals surface area contributed by atoms with Crippen LogP contribution >= 0.6 is 11.8 Å². The number of carbonyl (C=O) groups is 1. The van der Waals surface area contributed by atoms with Crippen LogP contribution in [0.4, 0.5) is 13.2 Å². The second-order valence-corrected chi connectivity index (χ2v) is 8.98. The van der Waals surface area contributed by atoms with E-state index in [1.807, 2.05) is 12.1 Å². The van der Waals surface area contributed by atoms with Gasteiger partial charge in [0.2, 0.25) is 5.88 Å². The number of halogens is 3. The molecule has 0 bridgehead atoms. The molecule has 0 aliphatic rings. The molecule has 0 aliphatic carbocycles. The van der Waals surface area contributed by atoms with Gasteiger partial charge in [-0.25, -0.2) is 9.36 Å². The number of thioether (sulfide) groups is 1. The number of aromatic hydroxyl groups is 1. The highest BCUT2D eigenvalue weighted by Gasteiger charge is 2.29. The predicted molar refractivity (Wildman–Crippen MR) is 131 cm³/mol. The zero-order valence-corrected chi connectivity index (χ0v) is 20.2. The number of ether oxygens (including phenoxy) is 1. The summed E-state index contributed by atoms with van der Waals surface area (Å²) in [4.78, 5) is 29.8. The third kappa shape index (κ3) is 6.33. The predicted octanol–water partition coefficient (Wildman–Crippen LogP) is 4.34. The Morgan fingerprint density at radius 2 is 1.81 bits per heavy atom. The molecule has 37 heavy (non-hydrogen) atoms. The van der Waals surface area contributed by atoms with Crippen molar-refractivity contribution >= 4 is 17.7 Å². The van der Waals surface area contributed by atoms with E-state index in [9.17, 15) is 27.9 Å². The van der Waals surface area contributed by atoms with Gasteiger partial charge in [0.1, 0.15) is 5.75 Å². The first kappa shape index (κ1) is 25.9. The molecule has 0 aliphatic heterocycles. The fourth-order valence-corrected chi connectivity index (χ4v) is 4.14. The third-order valence-electron chi connectivity index (χ3n) is 5.37. The molecule has 0 fully saturated rings. The Hall–Kier alpha value is -4.19. The second-order valence-electron chi connectivity index (χ2n) is 7.84. The number of rotatable bonds is 8. The van der Waals surface area contributed by atoms with Crippen molar-refractivity contribution in [3.8, 4) is 17.3 Å². The fraction of sp³-hybridized carbons (Fsp3) is 0.160. The van der Waals surface area contributed by atoms with Crippen molar-refractivity contribution in [3.05, 3.63) is 100 Å². The number of nitrogens with one attached hydrogen (secondary N) is 1. The molecule has 12 heteroatoms. The van der Waals surface area contributed by atoms with Crippen LogP contribution in [-0.4, -0.2) is 37.8 Å². The zero-order chi connectivity index (χ0) is 26.6. The van der Waals surface area contributed by atoms with Gasteiger partial charge in [-0.15, -0.1) is 0 Å². The molecule has 0 unspecified atom stereocenters. The van der Waals surface area contributed by atoms with E-state index in [0.29, 0.717) is 11.3 Å². The molecule has 0 saturated carbocycles. The Kier molecular flexibility index (Phi) is 7.58. The average Bonchev–Trinajstić information content (AvgIpc) is 3.15. The fourth-order valence-electron chi connectivity index (χ4n) is 3.60. The van der Waals surface area contributed by atoms with Crippen LogP contribution in [0.1, 0.15) is 21.5 Å². The minimum Gasteiger partial charge on any atom is -0.497 e. The Balaban J connectivity index is 1.52. The zero-order valence-electron chi connectivity index (χ0n) is 19.4. The minimum absolute atomic E-state index is 0.0464. The van der Waals surface area contributed by atoms with Gasteiger partial charge in [-0.2, -0.15) is 13.2 Å². The van der Waals surface area contributed by atoms with E-state index < -0.39 is 23.0 Å². The number of nitrogens with zero attached hydrogens (tertiary/aromatic N) is 3. The van der Waals surface area contributed by atoms with Crippen LogP contribution in [-0.2, 0) is 13.1 Å². The number of methoxy groups -OCH3 is 1. The summed E-state index contributed by atoms with van der Waals surface area (Å²) >= 11 is -0.276. The van der Waals surface area contributed by atoms with Crippen molar-refractivity contribution in [3.63, 3.8) is 0 Å². The van der Waals surface area contributed by atoms with Gasteiger partial charge in [-0.1, -0.05) is 12.1 Å². The molecule has 0 saturated heterocycles. The van der Waals surface area contributed by atoms with Crippen LogP contribution in [0.5, 0.6) is 11.6 Å². The largest absolute Gasteiger partial charge is 0.497 e. The summed E-state index contributed by atoms with van der Waals surface area (Å²) in [6.07, 6.45) is 4.06. The summed E-state index contributed by atoms with van der Waals surface area (Å²) in [5.74, 6) is -0.101. The number of amides is 1. The summed E-state index contributed by atoms with van der Waals surface area (Å²) < 4.78 is 45.0. The number of hydrogen-bond donors (Lipinski definition) is 2. The molecule has 2 N–H and O–H groups in total. The summed E-state index contributed by atoms with van der Waals surface area (Å²) in [6, 6.07) is 13.8. The van der Waals surface area contributed by atoms with Gasteiger partial charge in [0.15, 0.2) is 0 Å². The van der Waals surface area contributed by atoms with Gasteiger partial charge in [-0.3, -0.25) is 14.3 Å². The SMILES string of the molecule is COc1ccc(CNC(=O)c2cnccc2Cn2cc(O)n(-c3ccc(SC(F)(F)F)cc3)c2=O)cc1. The van der Waals surface area contributed by atoms with E-state index in [2.05, 4.69) is 10.3 Å². The molecular weight excluding hydrogens is 509 g/mol.